The van der Waals surface area contributed by atoms with Gasteiger partial charge in [0.1, 0.15) is 0 Å². The van der Waals surface area contributed by atoms with Gasteiger partial charge >= 0.3 is 0 Å². The highest BCUT2D eigenvalue weighted by Crippen LogP contribution is 2.19. The van der Waals surface area contributed by atoms with Gasteiger partial charge in [0.15, 0.2) is 0 Å². The van der Waals surface area contributed by atoms with Crippen molar-refractivity contribution in [3.05, 3.63) is 28.5 Å². The minimum Gasteiger partial charge on any atom is -0.272 e. The van der Waals surface area contributed by atoms with Crippen LogP contribution in [0, 0.1) is 0 Å². The summed E-state index contributed by atoms with van der Waals surface area (Å²) in [5.74, 6) is 5.57. The summed E-state index contributed by atoms with van der Waals surface area (Å²) in [6.07, 6.45) is 3.47. The molecule has 1 unspecified atom stereocenters. The molecular weight excluding hydrogens is 236 g/mol. The van der Waals surface area contributed by atoms with Crippen LogP contribution in [0.25, 0.3) is 0 Å². The summed E-state index contributed by atoms with van der Waals surface area (Å²) >= 11 is 1.36. The van der Waals surface area contributed by atoms with Crippen LogP contribution in [-0.2, 0) is 19.9 Å². The van der Waals surface area contributed by atoms with Gasteiger partial charge in [-0.1, -0.05) is 11.4 Å². The average Bonchev–Trinajstić information content (AvgIpc) is 2.96. The van der Waals surface area contributed by atoms with Gasteiger partial charge in [-0.05, 0) is 24.0 Å². The molecule has 2 heterocycles. The van der Waals surface area contributed by atoms with Crippen LogP contribution in [0.1, 0.15) is 29.2 Å². The molecule has 17 heavy (non-hydrogen) atoms. The molecule has 0 aliphatic rings. The first-order valence-corrected chi connectivity index (χ1v) is 6.27. The summed E-state index contributed by atoms with van der Waals surface area (Å²) in [4.78, 5) is 1.03. The Morgan fingerprint density at radius 3 is 2.94 bits per heavy atom. The molecule has 2 aromatic heterocycles. The molecule has 0 saturated carbocycles. The Hall–Kier alpha value is -1.31. The van der Waals surface area contributed by atoms with Crippen molar-refractivity contribution in [3.63, 3.8) is 0 Å². The van der Waals surface area contributed by atoms with E-state index >= 15 is 0 Å². The summed E-state index contributed by atoms with van der Waals surface area (Å²) in [5, 5.41) is 8.25. The van der Waals surface area contributed by atoms with Crippen molar-refractivity contribution in [2.24, 2.45) is 12.9 Å². The van der Waals surface area contributed by atoms with Gasteiger partial charge in [-0.3, -0.25) is 16.0 Å². The number of nitrogens with one attached hydrogen (secondary N) is 1. The van der Waals surface area contributed by atoms with Gasteiger partial charge in [0.25, 0.3) is 0 Å². The van der Waals surface area contributed by atoms with Gasteiger partial charge in [-0.25, -0.2) is 0 Å². The highest BCUT2D eigenvalue weighted by molar-refractivity contribution is 7.05. The highest BCUT2D eigenvalue weighted by atomic mass is 32.1. The molecule has 0 saturated heterocycles. The SMILES string of the molecule is CCc1cc(CC(NN)c2cnns2)n(C)n1. The number of aromatic nitrogens is 4. The molecule has 0 spiro atoms. The Labute approximate surface area is 104 Å². The third-order valence-corrected chi connectivity index (χ3v) is 3.50. The zero-order valence-electron chi connectivity index (χ0n) is 9.92. The molecule has 0 aromatic carbocycles. The summed E-state index contributed by atoms with van der Waals surface area (Å²) in [6.45, 7) is 2.10. The minimum absolute atomic E-state index is 0.0371. The van der Waals surface area contributed by atoms with Crippen LogP contribution in [-0.4, -0.2) is 19.4 Å². The fourth-order valence-electron chi connectivity index (χ4n) is 1.71. The Kier molecular flexibility index (Phi) is 3.82. The number of hydrazine groups is 1. The van der Waals surface area contributed by atoms with E-state index in [0.29, 0.717) is 0 Å². The Bertz CT molecular complexity index is 463. The molecular formula is C10H16N6S. The van der Waals surface area contributed by atoms with E-state index in [0.717, 1.165) is 29.1 Å². The molecule has 0 aliphatic carbocycles. The van der Waals surface area contributed by atoms with Crippen molar-refractivity contribution >= 4 is 11.5 Å². The maximum atomic E-state index is 5.57. The molecule has 0 amide bonds. The number of rotatable bonds is 5. The second-order valence-corrected chi connectivity index (χ2v) is 4.66. The lowest BCUT2D eigenvalue weighted by Gasteiger charge is -2.12. The monoisotopic (exact) mass is 252 g/mol. The van der Waals surface area contributed by atoms with Crippen LogP contribution in [0.5, 0.6) is 0 Å². The van der Waals surface area contributed by atoms with E-state index in [1.54, 1.807) is 6.20 Å². The lowest BCUT2D eigenvalue weighted by Crippen LogP contribution is -2.29. The standard InChI is InChI=1S/C10H16N6S/c1-3-7-4-8(16(2)14-7)5-9(13-11)10-6-12-15-17-10/h4,6,9,13H,3,5,11H2,1-2H3. The fourth-order valence-corrected chi connectivity index (χ4v) is 2.28. The van der Waals surface area contributed by atoms with Crippen LogP contribution in [0.4, 0.5) is 0 Å². The average molecular weight is 252 g/mol. The fraction of sp³-hybridized carbons (Fsp3) is 0.500. The molecule has 2 aromatic rings. The van der Waals surface area contributed by atoms with E-state index in [2.05, 4.69) is 33.1 Å². The van der Waals surface area contributed by atoms with Gasteiger partial charge in [-0.2, -0.15) is 5.10 Å². The molecule has 3 N–H and O–H groups in total. The zero-order valence-corrected chi connectivity index (χ0v) is 10.7. The smallest absolute Gasteiger partial charge is 0.0670 e. The predicted molar refractivity (Wildman–Crippen MR) is 66.3 cm³/mol. The van der Waals surface area contributed by atoms with Crippen LogP contribution < -0.4 is 11.3 Å². The third-order valence-electron chi connectivity index (χ3n) is 2.73. The van der Waals surface area contributed by atoms with Gasteiger partial charge in [0, 0.05) is 19.2 Å². The minimum atomic E-state index is 0.0371. The molecule has 92 valence electrons. The molecule has 1 atom stereocenters. The molecule has 6 nitrogen and oxygen atoms in total. The van der Waals surface area contributed by atoms with E-state index in [1.807, 2.05) is 11.7 Å². The normalized spacial score (nSPS) is 12.9. The largest absolute Gasteiger partial charge is 0.272 e. The first-order valence-electron chi connectivity index (χ1n) is 5.49. The van der Waals surface area contributed by atoms with Crippen LogP contribution in [0.2, 0.25) is 0 Å². The first kappa shape index (κ1) is 12.2. The second-order valence-electron chi connectivity index (χ2n) is 3.85. The summed E-state index contributed by atoms with van der Waals surface area (Å²) in [6, 6.07) is 2.15. The van der Waals surface area contributed by atoms with E-state index in [1.165, 1.54) is 11.5 Å². The van der Waals surface area contributed by atoms with Crippen molar-refractivity contribution in [2.45, 2.75) is 25.8 Å². The molecule has 0 aliphatic heterocycles. The molecule has 0 fully saturated rings. The zero-order chi connectivity index (χ0) is 12.3. The van der Waals surface area contributed by atoms with Crippen molar-refractivity contribution in [1.29, 1.82) is 0 Å². The summed E-state index contributed by atoms with van der Waals surface area (Å²) < 4.78 is 5.75. The molecule has 0 bridgehead atoms. The maximum Gasteiger partial charge on any atom is 0.0670 e. The molecule has 7 heteroatoms. The number of hydrogen-bond acceptors (Lipinski definition) is 6. The predicted octanol–water partition coefficient (Wildman–Crippen LogP) is 0.581. The van der Waals surface area contributed by atoms with Crippen molar-refractivity contribution < 1.29 is 0 Å². The Morgan fingerprint density at radius 2 is 2.41 bits per heavy atom. The van der Waals surface area contributed by atoms with Crippen molar-refractivity contribution in [2.75, 3.05) is 0 Å². The van der Waals surface area contributed by atoms with Gasteiger partial charge in [0.05, 0.1) is 22.8 Å². The Balaban J connectivity index is 2.15. The van der Waals surface area contributed by atoms with E-state index in [-0.39, 0.29) is 6.04 Å². The lowest BCUT2D eigenvalue weighted by atomic mass is 10.1. The van der Waals surface area contributed by atoms with Gasteiger partial charge in [0.2, 0.25) is 0 Å². The summed E-state index contributed by atoms with van der Waals surface area (Å²) in [5.41, 5.74) is 5.05. The Morgan fingerprint density at radius 1 is 1.59 bits per heavy atom. The molecule has 2 rings (SSSR count). The van der Waals surface area contributed by atoms with E-state index in [9.17, 15) is 0 Å². The lowest BCUT2D eigenvalue weighted by molar-refractivity contribution is 0.536. The van der Waals surface area contributed by atoms with Gasteiger partial charge in [-0.15, -0.1) is 5.10 Å². The number of nitrogens with zero attached hydrogens (tertiary/aromatic N) is 4. The van der Waals surface area contributed by atoms with Crippen LogP contribution >= 0.6 is 11.5 Å². The summed E-state index contributed by atoms with van der Waals surface area (Å²) in [7, 11) is 1.95. The van der Waals surface area contributed by atoms with Crippen LogP contribution in [0.3, 0.4) is 0 Å². The highest BCUT2D eigenvalue weighted by Gasteiger charge is 2.15. The first-order chi connectivity index (χ1) is 8.24. The van der Waals surface area contributed by atoms with Gasteiger partial charge < -0.3 is 0 Å². The number of nitrogens with two attached hydrogens (primary N) is 1. The number of hydrogen-bond donors (Lipinski definition) is 2. The quantitative estimate of drug-likeness (QED) is 0.601. The van der Waals surface area contributed by atoms with Crippen molar-refractivity contribution in [1.82, 2.24) is 24.8 Å². The second kappa shape index (κ2) is 5.35. The molecule has 0 radical (unpaired) electrons. The number of aryl methyl sites for hydroxylation is 2. The third kappa shape index (κ3) is 2.68. The van der Waals surface area contributed by atoms with E-state index in [4.69, 9.17) is 5.84 Å². The maximum absolute atomic E-state index is 5.57. The topological polar surface area (TPSA) is 81.6 Å². The van der Waals surface area contributed by atoms with E-state index < -0.39 is 0 Å². The van der Waals surface area contributed by atoms with Crippen LogP contribution in [0.15, 0.2) is 12.3 Å². The van der Waals surface area contributed by atoms with Crippen molar-refractivity contribution in [3.8, 4) is 0 Å².